The molecule has 0 aromatic carbocycles. The Morgan fingerprint density at radius 1 is 0.523 bits per heavy atom. The van der Waals surface area contributed by atoms with Crippen molar-refractivity contribution in [2.75, 3.05) is 7.05 Å². The van der Waals surface area contributed by atoms with Gasteiger partial charge in [0.25, 0.3) is 0 Å². The number of allylic oxidation sites excluding steroid dienone is 4. The lowest BCUT2D eigenvalue weighted by atomic mass is 9.94. The topological polar surface area (TPSA) is 116 Å². The molecule has 1 aromatic rings. The first-order valence-electron chi connectivity index (χ1n) is 34.2. The number of ether oxygens (including phenoxy) is 2. The highest BCUT2D eigenvalue weighted by Gasteiger charge is 2.26. The van der Waals surface area contributed by atoms with Crippen molar-refractivity contribution in [2.45, 2.75) is 363 Å². The quantitative estimate of drug-likeness (QED) is 0.0989. The van der Waals surface area contributed by atoms with E-state index < -0.39 is 0 Å². The van der Waals surface area contributed by atoms with Crippen molar-refractivity contribution in [1.82, 2.24) is 25.2 Å². The van der Waals surface area contributed by atoms with Crippen molar-refractivity contribution in [3.8, 4) is 11.8 Å². The first-order valence-corrected chi connectivity index (χ1v) is 35.1. The Labute approximate surface area is 557 Å². The van der Waals surface area contributed by atoms with Gasteiger partial charge in [0.05, 0.1) is 29.4 Å². The number of nitrogens with one attached hydrogen (secondary N) is 1. The van der Waals surface area contributed by atoms with E-state index in [-0.39, 0.29) is 46.2 Å². The highest BCUT2D eigenvalue weighted by atomic mass is 32.2. The van der Waals surface area contributed by atoms with Gasteiger partial charge in [-0.3, -0.25) is 14.4 Å². The average Bonchev–Trinajstić information content (AvgIpc) is 3.83. The number of aromatic nitrogens is 3. The van der Waals surface area contributed by atoms with Gasteiger partial charge < -0.3 is 19.7 Å². The zero-order valence-electron chi connectivity index (χ0n) is 67.4. The zero-order valence-corrected chi connectivity index (χ0v) is 68.2. The van der Waals surface area contributed by atoms with Gasteiger partial charge in [0.15, 0.2) is 0 Å². The molecule has 0 spiro atoms. The molecule has 1 heterocycles. The van der Waals surface area contributed by atoms with E-state index >= 15 is 0 Å². The van der Waals surface area contributed by atoms with E-state index in [1.165, 1.54) is 12.8 Å². The van der Waals surface area contributed by atoms with Crippen LogP contribution in [0.15, 0.2) is 30.5 Å². The molecule has 0 radical (unpaired) electrons. The Bertz CT molecular complexity index is 1710. The van der Waals surface area contributed by atoms with Crippen molar-refractivity contribution in [1.29, 1.82) is 0 Å². The molecule has 0 fully saturated rings. The van der Waals surface area contributed by atoms with Gasteiger partial charge in [0.1, 0.15) is 0 Å². The second-order valence-corrected chi connectivity index (χ2v) is 33.5. The summed E-state index contributed by atoms with van der Waals surface area (Å²) in [5, 5.41) is 12.5. The van der Waals surface area contributed by atoms with Gasteiger partial charge >= 0.3 is 5.97 Å². The molecule has 0 saturated heterocycles. The SMILES string of the molecule is CC(C)/C=C/C(C)C.CC(C)/C=C\C(C)C.CC(C)C#CC(C)C.CC(C)CCC(C)C.CC(C)N(C)C(=O)C(C)(C)C.CC(C)NC(=O)C(C)(C)C.CC(C)OC(=O)C(C)(C)C.CC(C)OC(C)C.CC(C)SC(C)C.CC(C)c1cn(C(C)C)nn1. The summed E-state index contributed by atoms with van der Waals surface area (Å²) < 4.78 is 12.1. The van der Waals surface area contributed by atoms with Gasteiger partial charge in [0, 0.05) is 54.0 Å². The maximum atomic E-state index is 11.5. The lowest BCUT2D eigenvalue weighted by molar-refractivity contribution is -0.156. The number of carbonyl (C=O) groups excluding carboxylic acids is 3. The summed E-state index contributed by atoms with van der Waals surface area (Å²) >= 11 is 2.01. The molecule has 528 valence electrons. The third-order valence-electron chi connectivity index (χ3n) is 10.3. The molecule has 0 aliphatic heterocycles. The van der Waals surface area contributed by atoms with Crippen LogP contribution in [0, 0.1) is 75.4 Å². The number of hydrogen-bond acceptors (Lipinski definition) is 8. The molecule has 0 aliphatic carbocycles. The average molecular weight is 1270 g/mol. The number of nitrogens with zero attached hydrogens (tertiary/aromatic N) is 4. The van der Waals surface area contributed by atoms with Gasteiger partial charge in [0.2, 0.25) is 11.8 Å². The van der Waals surface area contributed by atoms with Crippen molar-refractivity contribution < 1.29 is 23.9 Å². The number of carbonyl (C=O) groups is 3. The summed E-state index contributed by atoms with van der Waals surface area (Å²) in [4.78, 5) is 35.5. The molecular weight excluding hydrogens is 1110 g/mol. The van der Waals surface area contributed by atoms with Crippen LogP contribution >= 0.6 is 11.8 Å². The fourth-order valence-corrected chi connectivity index (χ4v) is 6.51. The number of rotatable bonds is 16. The van der Waals surface area contributed by atoms with Crippen LogP contribution in [0.25, 0.3) is 0 Å². The van der Waals surface area contributed by atoms with E-state index in [4.69, 9.17) is 9.47 Å². The first kappa shape index (κ1) is 104. The van der Waals surface area contributed by atoms with Gasteiger partial charge in [-0.25, -0.2) is 4.68 Å². The van der Waals surface area contributed by atoms with Crippen LogP contribution in [0.5, 0.6) is 0 Å². The Kier molecular flexibility index (Phi) is 69.5. The molecule has 1 rings (SSSR count). The maximum absolute atomic E-state index is 11.5. The van der Waals surface area contributed by atoms with E-state index in [2.05, 4.69) is 218 Å². The number of thioether (sulfide) groups is 1. The fourth-order valence-electron chi connectivity index (χ4n) is 5.42. The zero-order chi connectivity index (χ0) is 72.4. The number of amides is 2. The molecule has 0 unspecified atom stereocenters. The minimum atomic E-state index is -0.371. The van der Waals surface area contributed by atoms with Gasteiger partial charge in [-0.15, -0.1) is 16.9 Å². The fraction of sp³-hybridized carbons (Fsp3) is 0.857. The summed E-state index contributed by atoms with van der Waals surface area (Å²) in [5.74, 6) is 12.5. The van der Waals surface area contributed by atoms with Gasteiger partial charge in [-0.05, 0) is 156 Å². The summed E-state index contributed by atoms with van der Waals surface area (Å²) in [6.07, 6.45) is 14.5. The second kappa shape index (κ2) is 58.9. The van der Waals surface area contributed by atoms with Crippen molar-refractivity contribution >= 4 is 29.5 Å². The third-order valence-corrected chi connectivity index (χ3v) is 11.4. The van der Waals surface area contributed by atoms with Gasteiger partial charge in [-0.1, -0.05) is 236 Å². The van der Waals surface area contributed by atoms with Crippen LogP contribution in [0.1, 0.15) is 328 Å². The minimum absolute atomic E-state index is 0.00766. The number of esters is 1. The first-order chi connectivity index (χ1) is 39.3. The molecule has 10 nitrogen and oxygen atoms in total. The minimum Gasteiger partial charge on any atom is -0.463 e. The van der Waals surface area contributed by atoms with Crippen LogP contribution in [0.4, 0.5) is 0 Å². The van der Waals surface area contributed by atoms with Crippen molar-refractivity contribution in [3.05, 3.63) is 36.2 Å². The summed E-state index contributed by atoms with van der Waals surface area (Å²) in [7, 11) is 1.85. The molecule has 88 heavy (non-hydrogen) atoms. The predicted octanol–water partition coefficient (Wildman–Crippen LogP) is 22.9. The predicted molar refractivity (Wildman–Crippen MR) is 398 cm³/mol. The highest BCUT2D eigenvalue weighted by Crippen LogP contribution is 2.19. The number of hydrogen-bond donors (Lipinski definition) is 1. The molecule has 0 aliphatic rings. The summed E-state index contributed by atoms with van der Waals surface area (Å²) in [5.41, 5.74) is 0.187. The van der Waals surface area contributed by atoms with Crippen LogP contribution in [-0.2, 0) is 23.9 Å². The molecule has 0 atom stereocenters. The highest BCUT2D eigenvalue weighted by molar-refractivity contribution is 8.00. The van der Waals surface area contributed by atoms with E-state index in [0.717, 1.165) is 28.0 Å². The second-order valence-electron chi connectivity index (χ2n) is 31.4. The Morgan fingerprint density at radius 3 is 0.955 bits per heavy atom. The third kappa shape index (κ3) is 96.5. The Balaban J connectivity index is -0.000000113. The summed E-state index contributed by atoms with van der Waals surface area (Å²) in [6.45, 7) is 89.3. The molecule has 2 amide bonds. The smallest absolute Gasteiger partial charge is 0.311 e. The van der Waals surface area contributed by atoms with Crippen molar-refractivity contribution in [2.24, 2.45) is 63.6 Å². The van der Waals surface area contributed by atoms with E-state index in [1.54, 1.807) is 4.90 Å². The largest absolute Gasteiger partial charge is 0.463 e. The van der Waals surface area contributed by atoms with Crippen LogP contribution in [0.2, 0.25) is 0 Å². The normalized spacial score (nSPS) is 11.5. The lowest BCUT2D eigenvalue weighted by Crippen LogP contribution is -2.40. The standard InChI is InChI=1S/C9H19NO.C8H15N3.C8H17NO.C8H16O2.C8H18.2C8H16.C8H14.C6H14O.C6H14S/c1-7(2)10(6)8(11)9(3,4)5;1-6(2)8-5-11(7(3)4)10-9-8;1-6(2)9-7(10)8(3,4)5;1-6(2)10-7(9)8(3,4)5;4*1-7(2)5-6-8(3)4;2*1-5(2)7-6(3)4/h7H,1-6H3;5-7H,1-4H3;6H,1-5H3,(H,9,10);6H,1-5H3;7-8H,5-6H2,1-4H3;2*5-8H,1-4H3;7-8H,1-4H3;2*5-6H,1-4H3/b;;;;;6-5+;6-5-;;;. The Hall–Kier alpha value is -3.10. The molecule has 11 heteroatoms. The van der Waals surface area contributed by atoms with E-state index in [0.29, 0.717) is 65.7 Å². The lowest BCUT2D eigenvalue weighted by Gasteiger charge is -2.28. The molecule has 1 N–H and O–H groups in total. The molecular formula is C77H159N5O5S. The van der Waals surface area contributed by atoms with Crippen LogP contribution in [-0.4, -0.2) is 85.6 Å². The molecule has 0 saturated carbocycles. The van der Waals surface area contributed by atoms with Crippen molar-refractivity contribution in [3.63, 3.8) is 0 Å². The van der Waals surface area contributed by atoms with Crippen LogP contribution < -0.4 is 5.32 Å². The monoisotopic (exact) mass is 1270 g/mol. The molecule has 1 aromatic heterocycles. The molecule has 0 bridgehead atoms. The summed E-state index contributed by atoms with van der Waals surface area (Å²) in [6, 6.07) is 0.948. The van der Waals surface area contributed by atoms with E-state index in [1.807, 2.05) is 161 Å². The van der Waals surface area contributed by atoms with Crippen LogP contribution in [0.3, 0.4) is 0 Å². The van der Waals surface area contributed by atoms with Gasteiger partial charge in [-0.2, -0.15) is 11.8 Å². The maximum Gasteiger partial charge on any atom is 0.311 e. The van der Waals surface area contributed by atoms with E-state index in [9.17, 15) is 14.4 Å². The Morgan fingerprint density at radius 2 is 0.852 bits per heavy atom.